The summed E-state index contributed by atoms with van der Waals surface area (Å²) in [6.07, 6.45) is 6.45. The number of aliphatic hydroxyl groups is 1. The van der Waals surface area contributed by atoms with Gasteiger partial charge in [-0.2, -0.15) is 0 Å². The Morgan fingerprint density at radius 1 is 1.05 bits per heavy atom. The van der Waals surface area contributed by atoms with E-state index in [1.165, 1.54) is 42.9 Å². The first-order chi connectivity index (χ1) is 10.3. The van der Waals surface area contributed by atoms with Crippen molar-refractivity contribution in [3.8, 4) is 0 Å². The highest BCUT2D eigenvalue weighted by atomic mass is 16.3. The SMILES string of the molecule is OC(CNCCC1CCCC1)c1ccc2ccccc2c1. The lowest BCUT2D eigenvalue weighted by molar-refractivity contribution is 0.174. The van der Waals surface area contributed by atoms with Crippen molar-refractivity contribution in [2.24, 2.45) is 5.92 Å². The van der Waals surface area contributed by atoms with E-state index in [-0.39, 0.29) is 0 Å². The summed E-state index contributed by atoms with van der Waals surface area (Å²) >= 11 is 0. The van der Waals surface area contributed by atoms with Crippen LogP contribution in [0.15, 0.2) is 42.5 Å². The van der Waals surface area contributed by atoms with Crippen LogP contribution in [0.4, 0.5) is 0 Å². The molecule has 1 unspecified atom stereocenters. The van der Waals surface area contributed by atoms with Gasteiger partial charge in [-0.1, -0.05) is 62.1 Å². The number of nitrogens with one attached hydrogen (secondary N) is 1. The van der Waals surface area contributed by atoms with Gasteiger partial charge in [0.25, 0.3) is 0 Å². The summed E-state index contributed by atoms with van der Waals surface area (Å²) in [5, 5.41) is 16.1. The van der Waals surface area contributed by atoms with Crippen molar-refractivity contribution >= 4 is 10.8 Å². The molecule has 1 aliphatic carbocycles. The fourth-order valence-electron chi connectivity index (χ4n) is 3.38. The summed E-state index contributed by atoms with van der Waals surface area (Å²) in [4.78, 5) is 0. The fraction of sp³-hybridized carbons (Fsp3) is 0.474. The van der Waals surface area contributed by atoms with Crippen molar-refractivity contribution in [2.45, 2.75) is 38.2 Å². The van der Waals surface area contributed by atoms with Gasteiger partial charge in [0, 0.05) is 6.54 Å². The van der Waals surface area contributed by atoms with E-state index < -0.39 is 6.10 Å². The van der Waals surface area contributed by atoms with Crippen LogP contribution in [0.2, 0.25) is 0 Å². The molecule has 2 aromatic rings. The van der Waals surface area contributed by atoms with Gasteiger partial charge >= 0.3 is 0 Å². The Morgan fingerprint density at radius 3 is 2.62 bits per heavy atom. The highest BCUT2D eigenvalue weighted by Gasteiger charge is 2.14. The summed E-state index contributed by atoms with van der Waals surface area (Å²) in [6.45, 7) is 1.67. The van der Waals surface area contributed by atoms with Gasteiger partial charge < -0.3 is 10.4 Å². The zero-order chi connectivity index (χ0) is 14.5. The second kappa shape index (κ2) is 7.06. The van der Waals surface area contributed by atoms with Gasteiger partial charge in [0.1, 0.15) is 0 Å². The Hall–Kier alpha value is -1.38. The molecule has 2 aromatic carbocycles. The maximum Gasteiger partial charge on any atom is 0.0914 e. The predicted octanol–water partition coefficient (Wildman–Crippen LogP) is 4.04. The van der Waals surface area contributed by atoms with E-state index in [2.05, 4.69) is 29.6 Å². The second-order valence-electron chi connectivity index (χ2n) is 6.27. The van der Waals surface area contributed by atoms with Gasteiger partial charge in [0.15, 0.2) is 0 Å². The van der Waals surface area contributed by atoms with Gasteiger partial charge in [-0.25, -0.2) is 0 Å². The first-order valence-corrected chi connectivity index (χ1v) is 8.20. The van der Waals surface area contributed by atoms with Crippen LogP contribution in [0.3, 0.4) is 0 Å². The zero-order valence-electron chi connectivity index (χ0n) is 12.6. The van der Waals surface area contributed by atoms with Crippen LogP contribution in [0, 0.1) is 5.92 Å². The molecule has 0 aliphatic heterocycles. The summed E-state index contributed by atoms with van der Waals surface area (Å²) in [6, 6.07) is 14.5. The van der Waals surface area contributed by atoms with E-state index in [4.69, 9.17) is 0 Å². The highest BCUT2D eigenvalue weighted by molar-refractivity contribution is 5.83. The monoisotopic (exact) mass is 283 g/mol. The van der Waals surface area contributed by atoms with Crippen LogP contribution in [0.5, 0.6) is 0 Å². The molecule has 0 heterocycles. The van der Waals surface area contributed by atoms with E-state index in [9.17, 15) is 5.11 Å². The standard InChI is InChI=1S/C19H25NO/c21-19(14-20-12-11-15-5-1-2-6-15)18-10-9-16-7-3-4-8-17(16)13-18/h3-4,7-10,13,15,19-21H,1-2,5-6,11-12,14H2. The molecule has 21 heavy (non-hydrogen) atoms. The molecule has 2 nitrogen and oxygen atoms in total. The number of hydrogen-bond acceptors (Lipinski definition) is 2. The number of rotatable bonds is 6. The molecule has 0 aromatic heterocycles. The molecular weight excluding hydrogens is 258 g/mol. The van der Waals surface area contributed by atoms with Crippen molar-refractivity contribution in [1.82, 2.24) is 5.32 Å². The Balaban J connectivity index is 1.50. The van der Waals surface area contributed by atoms with Crippen molar-refractivity contribution < 1.29 is 5.11 Å². The lowest BCUT2D eigenvalue weighted by Crippen LogP contribution is -2.23. The van der Waals surface area contributed by atoms with Crippen molar-refractivity contribution in [3.63, 3.8) is 0 Å². The molecule has 2 heteroatoms. The Morgan fingerprint density at radius 2 is 1.81 bits per heavy atom. The summed E-state index contributed by atoms with van der Waals surface area (Å²) in [5.41, 5.74) is 1.00. The van der Waals surface area contributed by atoms with E-state index in [0.29, 0.717) is 6.54 Å². The zero-order valence-corrected chi connectivity index (χ0v) is 12.6. The summed E-state index contributed by atoms with van der Waals surface area (Å²) in [5.74, 6) is 0.912. The van der Waals surface area contributed by atoms with E-state index in [1.54, 1.807) is 0 Å². The molecule has 1 atom stereocenters. The molecule has 1 fully saturated rings. The minimum atomic E-state index is -0.418. The van der Waals surface area contributed by atoms with E-state index >= 15 is 0 Å². The van der Waals surface area contributed by atoms with Gasteiger partial charge in [-0.05, 0) is 41.3 Å². The van der Waals surface area contributed by atoms with Crippen molar-refractivity contribution in [3.05, 3.63) is 48.0 Å². The summed E-state index contributed by atoms with van der Waals surface area (Å²) in [7, 11) is 0. The maximum atomic E-state index is 10.3. The third kappa shape index (κ3) is 3.84. The topological polar surface area (TPSA) is 32.3 Å². The number of aliphatic hydroxyl groups excluding tert-OH is 1. The fourth-order valence-corrected chi connectivity index (χ4v) is 3.38. The minimum absolute atomic E-state index is 0.418. The second-order valence-corrected chi connectivity index (χ2v) is 6.27. The first kappa shape index (κ1) is 14.6. The average molecular weight is 283 g/mol. The average Bonchev–Trinajstić information content (AvgIpc) is 3.04. The maximum absolute atomic E-state index is 10.3. The Bertz CT molecular complexity index is 575. The van der Waals surface area contributed by atoms with Crippen LogP contribution in [0.1, 0.15) is 43.8 Å². The molecule has 0 amide bonds. The van der Waals surface area contributed by atoms with Crippen LogP contribution >= 0.6 is 0 Å². The normalized spacial score (nSPS) is 17.4. The summed E-state index contributed by atoms with van der Waals surface area (Å²) < 4.78 is 0. The predicted molar refractivity (Wildman–Crippen MR) is 88.4 cm³/mol. The van der Waals surface area contributed by atoms with Gasteiger partial charge in [0.2, 0.25) is 0 Å². The molecule has 2 N–H and O–H groups in total. The van der Waals surface area contributed by atoms with Gasteiger partial charge in [0.05, 0.1) is 6.10 Å². The van der Waals surface area contributed by atoms with Crippen molar-refractivity contribution in [2.75, 3.05) is 13.1 Å². The van der Waals surface area contributed by atoms with Crippen LogP contribution in [-0.2, 0) is 0 Å². The lowest BCUT2D eigenvalue weighted by atomic mass is 10.0. The third-order valence-electron chi connectivity index (χ3n) is 4.70. The Labute approximate surface area is 127 Å². The minimum Gasteiger partial charge on any atom is -0.387 e. The Kier molecular flexibility index (Phi) is 4.89. The molecular formula is C19H25NO. The molecule has 0 spiro atoms. The van der Waals surface area contributed by atoms with Crippen molar-refractivity contribution in [1.29, 1.82) is 0 Å². The molecule has 112 valence electrons. The van der Waals surface area contributed by atoms with Crippen LogP contribution in [0.25, 0.3) is 10.8 Å². The van der Waals surface area contributed by atoms with E-state index in [0.717, 1.165) is 18.0 Å². The van der Waals surface area contributed by atoms with Gasteiger partial charge in [-0.3, -0.25) is 0 Å². The molecule has 3 rings (SSSR count). The molecule has 0 bridgehead atoms. The molecule has 1 saturated carbocycles. The van der Waals surface area contributed by atoms with Crippen LogP contribution < -0.4 is 5.32 Å². The largest absolute Gasteiger partial charge is 0.387 e. The molecule has 0 radical (unpaired) electrons. The van der Waals surface area contributed by atoms with Crippen LogP contribution in [-0.4, -0.2) is 18.2 Å². The quantitative estimate of drug-likeness (QED) is 0.784. The number of benzene rings is 2. The van der Waals surface area contributed by atoms with E-state index in [1.807, 2.05) is 18.2 Å². The van der Waals surface area contributed by atoms with Gasteiger partial charge in [-0.15, -0.1) is 0 Å². The number of hydrogen-bond donors (Lipinski definition) is 2. The molecule has 1 aliphatic rings. The highest BCUT2D eigenvalue weighted by Crippen LogP contribution is 2.27. The molecule has 0 saturated heterocycles. The first-order valence-electron chi connectivity index (χ1n) is 8.20. The lowest BCUT2D eigenvalue weighted by Gasteiger charge is -2.14. The number of fused-ring (bicyclic) bond motifs is 1. The smallest absolute Gasteiger partial charge is 0.0914 e. The third-order valence-corrected chi connectivity index (χ3v) is 4.70.